The molecule has 0 bridgehead atoms. The molecule has 0 radical (unpaired) electrons. The number of rotatable bonds is 10. The van der Waals surface area contributed by atoms with Gasteiger partial charge in [0.2, 0.25) is 5.91 Å². The summed E-state index contributed by atoms with van der Waals surface area (Å²) in [6, 6.07) is -1.78. The van der Waals surface area contributed by atoms with Crippen LogP contribution in [0.1, 0.15) is 25.7 Å². The number of aliphatic hydroxyl groups is 1. The average molecular weight is 317 g/mol. The number of amides is 2. The summed E-state index contributed by atoms with van der Waals surface area (Å²) < 4.78 is 0. The van der Waals surface area contributed by atoms with E-state index >= 15 is 0 Å². The van der Waals surface area contributed by atoms with Gasteiger partial charge in [-0.25, -0.2) is 0 Å². The maximum absolute atomic E-state index is 11.7. The lowest BCUT2D eigenvalue weighted by atomic mass is 9.93. The van der Waals surface area contributed by atoms with Crippen molar-refractivity contribution < 1.29 is 44.4 Å². The van der Waals surface area contributed by atoms with Crippen LogP contribution in [0.4, 0.5) is 0 Å². The minimum Gasteiger partial charge on any atom is -0.550 e. The molecule has 0 saturated carbocycles. The monoisotopic (exact) mass is 317 g/mol. The molecule has 124 valence electrons. The molecular weight excluding hydrogens is 304 g/mol. The van der Waals surface area contributed by atoms with Gasteiger partial charge in [-0.15, -0.1) is 0 Å². The average Bonchev–Trinajstić information content (AvgIpc) is 2.31. The second kappa shape index (κ2) is 7.93. The van der Waals surface area contributed by atoms with Gasteiger partial charge in [0, 0.05) is 31.2 Å². The highest BCUT2D eigenvalue weighted by Gasteiger charge is 2.37. The van der Waals surface area contributed by atoms with E-state index in [2.05, 4.69) is 0 Å². The standard InChI is InChI=1S/C11H16N2O9/c12-6(14)2-1-5(9(19)20)13-10(21)11(22,3-7(15)16)4-8(17)18/h5,22H,1-4H2,(H2,12,14)(H,13,21)(H,15,16)(H,17,18)(H,19,20)/p-3/t5-/m0/s1. The molecule has 0 fully saturated rings. The molecule has 0 aromatic rings. The third-order valence-electron chi connectivity index (χ3n) is 2.57. The summed E-state index contributed by atoms with van der Waals surface area (Å²) in [7, 11) is 0. The van der Waals surface area contributed by atoms with Crippen LogP contribution < -0.4 is 26.4 Å². The minimum absolute atomic E-state index is 0.446. The van der Waals surface area contributed by atoms with Crippen molar-refractivity contribution in [3.8, 4) is 0 Å². The van der Waals surface area contributed by atoms with Gasteiger partial charge in [-0.2, -0.15) is 0 Å². The molecule has 0 saturated heterocycles. The molecule has 0 aliphatic rings. The fourth-order valence-electron chi connectivity index (χ4n) is 1.53. The molecule has 0 unspecified atom stereocenters. The van der Waals surface area contributed by atoms with E-state index < -0.39 is 67.0 Å². The van der Waals surface area contributed by atoms with Crippen LogP contribution in [0, 0.1) is 0 Å². The molecule has 0 aliphatic heterocycles. The molecule has 0 aromatic heterocycles. The van der Waals surface area contributed by atoms with Crippen molar-refractivity contribution in [2.24, 2.45) is 5.73 Å². The first kappa shape index (κ1) is 19.3. The quantitative estimate of drug-likeness (QED) is 0.348. The Morgan fingerprint density at radius 2 is 1.50 bits per heavy atom. The van der Waals surface area contributed by atoms with Gasteiger partial charge in [-0.05, 0) is 6.42 Å². The highest BCUT2D eigenvalue weighted by molar-refractivity contribution is 5.94. The van der Waals surface area contributed by atoms with Crippen LogP contribution in [-0.4, -0.2) is 46.5 Å². The van der Waals surface area contributed by atoms with E-state index in [1.807, 2.05) is 0 Å². The second-order valence-corrected chi connectivity index (χ2v) is 4.48. The number of nitrogens with one attached hydrogen (secondary N) is 1. The maximum atomic E-state index is 11.7. The van der Waals surface area contributed by atoms with Crippen molar-refractivity contribution in [2.45, 2.75) is 37.3 Å². The zero-order valence-corrected chi connectivity index (χ0v) is 11.2. The zero-order chi connectivity index (χ0) is 17.5. The molecule has 11 heteroatoms. The van der Waals surface area contributed by atoms with Crippen LogP contribution in [0.2, 0.25) is 0 Å². The van der Waals surface area contributed by atoms with Crippen LogP contribution in [-0.2, 0) is 24.0 Å². The second-order valence-electron chi connectivity index (χ2n) is 4.48. The lowest BCUT2D eigenvalue weighted by Crippen LogP contribution is -2.58. The summed E-state index contributed by atoms with van der Waals surface area (Å²) >= 11 is 0. The SMILES string of the molecule is NC(=O)CC[C@H](NC(=O)C(O)(CC(=O)[O-])CC(=O)[O-])C(=O)[O-]. The molecule has 1 atom stereocenters. The number of carboxylic acid groups (broad SMARTS) is 3. The number of primary amides is 1. The van der Waals surface area contributed by atoms with E-state index in [0.29, 0.717) is 0 Å². The summed E-state index contributed by atoms with van der Waals surface area (Å²) in [5, 5.41) is 43.2. The molecule has 4 N–H and O–H groups in total. The first-order valence-electron chi connectivity index (χ1n) is 5.90. The fraction of sp³-hybridized carbons (Fsp3) is 0.545. The van der Waals surface area contributed by atoms with Gasteiger partial charge in [0.1, 0.15) is 0 Å². The van der Waals surface area contributed by atoms with Crippen LogP contribution >= 0.6 is 0 Å². The largest absolute Gasteiger partial charge is 0.550 e. The van der Waals surface area contributed by atoms with E-state index in [1.165, 1.54) is 0 Å². The van der Waals surface area contributed by atoms with Crippen LogP contribution in [0.15, 0.2) is 0 Å². The topological polar surface area (TPSA) is 213 Å². The van der Waals surface area contributed by atoms with Crippen LogP contribution in [0.25, 0.3) is 0 Å². The summed E-state index contributed by atoms with van der Waals surface area (Å²) in [6.45, 7) is 0. The van der Waals surface area contributed by atoms with Gasteiger partial charge in [-0.3, -0.25) is 9.59 Å². The highest BCUT2D eigenvalue weighted by atomic mass is 16.4. The van der Waals surface area contributed by atoms with Crippen LogP contribution in [0.5, 0.6) is 0 Å². The van der Waals surface area contributed by atoms with Gasteiger partial charge in [0.05, 0.1) is 12.0 Å². The van der Waals surface area contributed by atoms with E-state index in [-0.39, 0.29) is 0 Å². The van der Waals surface area contributed by atoms with Gasteiger partial charge < -0.3 is 45.9 Å². The molecular formula is C11H13N2O9-3. The third-order valence-corrected chi connectivity index (χ3v) is 2.57. The third kappa shape index (κ3) is 6.65. The van der Waals surface area contributed by atoms with E-state index in [0.717, 1.165) is 0 Å². The molecule has 0 aromatic carbocycles. The van der Waals surface area contributed by atoms with Crippen molar-refractivity contribution in [2.75, 3.05) is 0 Å². The summed E-state index contributed by atoms with van der Waals surface area (Å²) in [4.78, 5) is 54.1. The Morgan fingerprint density at radius 3 is 1.82 bits per heavy atom. The lowest BCUT2D eigenvalue weighted by molar-refractivity contribution is -0.313. The summed E-state index contributed by atoms with van der Waals surface area (Å²) in [5.74, 6) is -8.19. The summed E-state index contributed by atoms with van der Waals surface area (Å²) in [6.07, 6.45) is -3.74. The van der Waals surface area contributed by atoms with Gasteiger partial charge >= 0.3 is 0 Å². The van der Waals surface area contributed by atoms with Gasteiger partial charge in [-0.1, -0.05) is 0 Å². The van der Waals surface area contributed by atoms with Gasteiger partial charge in [0.15, 0.2) is 5.60 Å². The number of hydrogen-bond acceptors (Lipinski definition) is 9. The predicted molar refractivity (Wildman–Crippen MR) is 59.6 cm³/mol. The van der Waals surface area contributed by atoms with Crippen LogP contribution in [0.3, 0.4) is 0 Å². The number of nitrogens with two attached hydrogens (primary N) is 1. The van der Waals surface area contributed by atoms with Crippen molar-refractivity contribution in [3.63, 3.8) is 0 Å². The zero-order valence-electron chi connectivity index (χ0n) is 11.2. The van der Waals surface area contributed by atoms with Gasteiger partial charge in [0.25, 0.3) is 5.91 Å². The van der Waals surface area contributed by atoms with Crippen molar-refractivity contribution in [3.05, 3.63) is 0 Å². The normalized spacial score (nSPS) is 12.2. The minimum atomic E-state index is -2.97. The number of aliphatic carboxylic acids is 3. The summed E-state index contributed by atoms with van der Waals surface area (Å²) in [5.41, 5.74) is 1.83. The smallest absolute Gasteiger partial charge is 0.253 e. The molecule has 0 heterocycles. The molecule has 2 amide bonds. The Hall–Kier alpha value is -2.69. The molecule has 22 heavy (non-hydrogen) atoms. The van der Waals surface area contributed by atoms with Crippen molar-refractivity contribution >= 4 is 29.7 Å². The Labute approximate surface area is 123 Å². The number of hydrogen-bond donors (Lipinski definition) is 3. The van der Waals surface area contributed by atoms with E-state index in [9.17, 15) is 44.4 Å². The number of carbonyl (C=O) groups is 5. The highest BCUT2D eigenvalue weighted by Crippen LogP contribution is 2.16. The fourth-order valence-corrected chi connectivity index (χ4v) is 1.53. The predicted octanol–water partition coefficient (Wildman–Crippen LogP) is -6.50. The Bertz CT molecular complexity index is 472. The van der Waals surface area contributed by atoms with Crippen molar-refractivity contribution in [1.82, 2.24) is 5.32 Å². The molecule has 0 spiro atoms. The van der Waals surface area contributed by atoms with Crippen molar-refractivity contribution in [1.29, 1.82) is 0 Å². The first-order valence-corrected chi connectivity index (χ1v) is 5.90. The van der Waals surface area contributed by atoms with E-state index in [1.54, 1.807) is 5.32 Å². The Morgan fingerprint density at radius 1 is 1.05 bits per heavy atom. The molecule has 11 nitrogen and oxygen atoms in total. The first-order chi connectivity index (χ1) is 9.97. The molecule has 0 aliphatic carbocycles. The Balaban J connectivity index is 5.11. The Kier molecular flexibility index (Phi) is 6.96. The molecule has 0 rings (SSSR count). The number of carboxylic acids is 3. The lowest BCUT2D eigenvalue weighted by Gasteiger charge is -2.30. The maximum Gasteiger partial charge on any atom is 0.253 e. The number of carbonyl (C=O) groups excluding carboxylic acids is 5. The van der Waals surface area contributed by atoms with E-state index in [4.69, 9.17) is 5.73 Å².